The van der Waals surface area contributed by atoms with Gasteiger partial charge in [0.05, 0.1) is 12.8 Å². The van der Waals surface area contributed by atoms with Gasteiger partial charge in [0.2, 0.25) is 35.2 Å². The van der Waals surface area contributed by atoms with Crippen LogP contribution in [-0.4, -0.2) is 176 Å². The number of Topliss-reactive ketones (excluding diaryl/α,β-unsaturated/α-hetero) is 2. The van der Waals surface area contributed by atoms with E-state index in [2.05, 4.69) is 10.6 Å². The third kappa shape index (κ3) is 20.0. The molecular formula is C60H81F4N7O16. The number of rotatable bonds is 26. The van der Waals surface area contributed by atoms with Gasteiger partial charge in [-0.1, -0.05) is 88.4 Å². The van der Waals surface area contributed by atoms with Crippen LogP contribution in [0.5, 0.6) is 0 Å². The van der Waals surface area contributed by atoms with Gasteiger partial charge in [0.1, 0.15) is 60.7 Å². The van der Waals surface area contributed by atoms with E-state index in [1.807, 2.05) is 5.32 Å². The van der Waals surface area contributed by atoms with Crippen molar-refractivity contribution >= 4 is 71.1 Å². The van der Waals surface area contributed by atoms with E-state index >= 15 is 27.2 Å². The van der Waals surface area contributed by atoms with Gasteiger partial charge < -0.3 is 49.2 Å². The van der Waals surface area contributed by atoms with E-state index in [4.69, 9.17) is 18.9 Å². The van der Waals surface area contributed by atoms with Crippen molar-refractivity contribution in [2.24, 2.45) is 11.8 Å². The number of esters is 2. The lowest BCUT2D eigenvalue weighted by Gasteiger charge is -2.40. The standard InChI is InChI=1S/C60H81F4N7O16/c1-35(2)45(65-55(82)86-57(7,8)9)51(78)70(41(31-43(72)84-33-39-23-15-13-16-24-39)47(74)59(61,62)53(80)68-27-19-20-28-68)37(5)49(76)67-50(77)38(6)71(52(79)46(36(3)4)66-56(83)87-58(10,11)12)42(32-44(73)85-34-40-25-17-14-18-26-40)48(75)60(63,64)54(81)69-29-21-22-30-69/h13-18,23-26,35-38,41-42,45-46H,19-22,27-34H2,1-12H3,(H,65,82)(H,66,83)(H,67,76,77)/t37-,38-,41-,42-,45-,46-/m0/s1. The lowest BCUT2D eigenvalue weighted by atomic mass is 9.94. The topological polar surface area (TPSA) is 291 Å². The molecule has 3 N–H and O–H groups in total. The molecular weight excluding hydrogens is 1150 g/mol. The highest BCUT2D eigenvalue weighted by Gasteiger charge is 2.58. The number of nitrogens with one attached hydrogen (secondary N) is 3. The number of benzene rings is 2. The van der Waals surface area contributed by atoms with Gasteiger partial charge in [0.15, 0.2) is 0 Å². The predicted molar refractivity (Wildman–Crippen MR) is 303 cm³/mol. The summed E-state index contributed by atoms with van der Waals surface area (Å²) in [6.45, 7) is 14.0. The van der Waals surface area contributed by atoms with Crippen LogP contribution in [0.4, 0.5) is 27.2 Å². The quantitative estimate of drug-likeness (QED) is 0.0433. The number of nitrogens with zero attached hydrogens (tertiary/aromatic N) is 4. The second kappa shape index (κ2) is 30.6. The van der Waals surface area contributed by atoms with Gasteiger partial charge in [-0.3, -0.25) is 53.3 Å². The van der Waals surface area contributed by atoms with E-state index in [-0.39, 0.29) is 61.7 Å². The fourth-order valence-electron chi connectivity index (χ4n) is 9.44. The number of ether oxygens (including phenoxy) is 4. The Balaban J connectivity index is 1.95. The Kier molecular flexibility index (Phi) is 25.1. The minimum absolute atomic E-state index is 0.147. The minimum atomic E-state index is -5.04. The molecule has 8 amide bonds. The summed E-state index contributed by atoms with van der Waals surface area (Å²) in [7, 11) is 0. The molecule has 0 unspecified atom stereocenters. The van der Waals surface area contributed by atoms with Gasteiger partial charge in [0.25, 0.3) is 0 Å². The lowest BCUT2D eigenvalue weighted by molar-refractivity contribution is -0.173. The number of carbonyl (C=O) groups is 12. The van der Waals surface area contributed by atoms with Gasteiger partial charge in [-0.25, -0.2) is 9.59 Å². The predicted octanol–water partition coefficient (Wildman–Crippen LogP) is 5.82. The first-order valence-corrected chi connectivity index (χ1v) is 28.7. The highest BCUT2D eigenvalue weighted by molar-refractivity contribution is 6.14. The summed E-state index contributed by atoms with van der Waals surface area (Å²) in [6.07, 6.45) is -4.39. The van der Waals surface area contributed by atoms with Gasteiger partial charge in [-0.15, -0.1) is 0 Å². The van der Waals surface area contributed by atoms with Crippen LogP contribution in [0.2, 0.25) is 0 Å². The summed E-state index contributed by atoms with van der Waals surface area (Å²) in [4.78, 5) is 173. The van der Waals surface area contributed by atoms with Crippen LogP contribution in [0.15, 0.2) is 60.7 Å². The maximum atomic E-state index is 16.7. The molecule has 0 aromatic heterocycles. The van der Waals surface area contributed by atoms with Crippen LogP contribution in [0.1, 0.15) is 133 Å². The zero-order chi connectivity index (χ0) is 65.5. The molecule has 480 valence electrons. The van der Waals surface area contributed by atoms with Gasteiger partial charge in [-0.2, -0.15) is 17.6 Å². The molecule has 27 heteroatoms. The van der Waals surface area contributed by atoms with Crippen molar-refractivity contribution in [2.75, 3.05) is 26.2 Å². The molecule has 2 aromatic rings. The average molecular weight is 1230 g/mol. The maximum Gasteiger partial charge on any atom is 0.408 e. The molecule has 6 atom stereocenters. The molecule has 0 saturated carbocycles. The van der Waals surface area contributed by atoms with Crippen molar-refractivity contribution in [3.63, 3.8) is 0 Å². The maximum absolute atomic E-state index is 16.7. The summed E-state index contributed by atoms with van der Waals surface area (Å²) >= 11 is 0. The molecule has 23 nitrogen and oxygen atoms in total. The number of alkyl halides is 4. The zero-order valence-corrected chi connectivity index (χ0v) is 51.2. The molecule has 87 heavy (non-hydrogen) atoms. The fraction of sp³-hybridized carbons (Fsp3) is 0.600. The van der Waals surface area contributed by atoms with Crippen LogP contribution < -0.4 is 16.0 Å². The molecule has 2 fully saturated rings. The van der Waals surface area contributed by atoms with Crippen LogP contribution in [-0.2, 0) is 80.1 Å². The number of hydrogen-bond acceptors (Lipinski definition) is 16. The van der Waals surface area contributed by atoms with Crippen molar-refractivity contribution in [2.45, 2.75) is 194 Å². The van der Waals surface area contributed by atoms with E-state index in [0.717, 1.165) is 13.8 Å². The summed E-state index contributed by atoms with van der Waals surface area (Å²) < 4.78 is 88.3. The van der Waals surface area contributed by atoms with E-state index in [1.54, 1.807) is 36.4 Å². The molecule has 0 spiro atoms. The molecule has 2 heterocycles. The second-order valence-corrected chi connectivity index (χ2v) is 24.0. The number of carbonyl (C=O) groups excluding carboxylic acids is 12. The Labute approximate surface area is 503 Å². The molecule has 0 radical (unpaired) electrons. The largest absolute Gasteiger partial charge is 0.461 e. The smallest absolute Gasteiger partial charge is 0.408 e. The Bertz CT molecular complexity index is 2630. The molecule has 2 aliphatic heterocycles. The minimum Gasteiger partial charge on any atom is -0.461 e. The van der Waals surface area contributed by atoms with Gasteiger partial charge >= 0.3 is 47.8 Å². The fourth-order valence-corrected chi connectivity index (χ4v) is 9.44. The van der Waals surface area contributed by atoms with Crippen molar-refractivity contribution < 1.29 is 94.0 Å². The summed E-state index contributed by atoms with van der Waals surface area (Å²) in [5.74, 6) is -30.4. The Morgan fingerprint density at radius 3 is 1.07 bits per heavy atom. The molecule has 0 aliphatic carbocycles. The summed E-state index contributed by atoms with van der Waals surface area (Å²) in [5, 5.41) is 6.44. The average Bonchev–Trinajstić information content (AvgIpc) is 1.36. The van der Waals surface area contributed by atoms with Gasteiger partial charge in [-0.05, 0) is 104 Å². The number of hydrogen-bond donors (Lipinski definition) is 3. The Morgan fingerprint density at radius 2 is 0.793 bits per heavy atom. The molecule has 2 saturated heterocycles. The second-order valence-electron chi connectivity index (χ2n) is 24.0. The lowest BCUT2D eigenvalue weighted by Crippen LogP contribution is -2.66. The number of ketones is 2. The Morgan fingerprint density at radius 1 is 0.494 bits per heavy atom. The Hall–Kier alpha value is -8.00. The highest BCUT2D eigenvalue weighted by Crippen LogP contribution is 2.31. The van der Waals surface area contributed by atoms with Crippen molar-refractivity contribution in [1.29, 1.82) is 0 Å². The molecule has 0 bridgehead atoms. The van der Waals surface area contributed by atoms with Crippen molar-refractivity contribution in [1.82, 2.24) is 35.6 Å². The van der Waals surface area contributed by atoms with E-state index < -0.39 is 168 Å². The number of likely N-dealkylation sites (tertiary alicyclic amines) is 2. The van der Waals surface area contributed by atoms with Crippen LogP contribution >= 0.6 is 0 Å². The van der Waals surface area contributed by atoms with Crippen molar-refractivity contribution in [3.8, 4) is 0 Å². The van der Waals surface area contributed by atoms with E-state index in [0.29, 0.717) is 20.9 Å². The van der Waals surface area contributed by atoms with E-state index in [9.17, 15) is 47.9 Å². The molecule has 2 aliphatic rings. The third-order valence-electron chi connectivity index (χ3n) is 14.0. The zero-order valence-electron chi connectivity index (χ0n) is 51.2. The first-order chi connectivity index (χ1) is 40.4. The molecule has 4 rings (SSSR count). The SMILES string of the molecule is CC(C)[C@H](NC(=O)OC(C)(C)C)C(=O)N([C@@H](C)C(=O)NC(=O)[C@H](C)N(C(=O)[C@@H](NC(=O)OC(C)(C)C)C(C)C)[C@@H](CC(=O)OCc1ccccc1)C(=O)C(F)(F)C(=O)N1CCCC1)[C@@H](CC(=O)OCc1ccccc1)C(=O)C(F)(F)C(=O)N1CCCC1. The van der Waals surface area contributed by atoms with Crippen LogP contribution in [0.3, 0.4) is 0 Å². The van der Waals surface area contributed by atoms with Crippen LogP contribution in [0.25, 0.3) is 0 Å². The summed E-state index contributed by atoms with van der Waals surface area (Å²) in [6, 6.07) is 1.34. The molecule has 2 aromatic carbocycles. The normalized spacial score (nSPS) is 15.8. The monoisotopic (exact) mass is 1230 g/mol. The number of alkyl carbamates (subject to hydrolysis) is 2. The van der Waals surface area contributed by atoms with Crippen molar-refractivity contribution in [3.05, 3.63) is 71.8 Å². The summed E-state index contributed by atoms with van der Waals surface area (Å²) in [5.41, 5.74) is -1.67. The first kappa shape index (κ1) is 71.5. The number of halogens is 4. The highest BCUT2D eigenvalue weighted by atomic mass is 19.3. The number of amides is 8. The first-order valence-electron chi connectivity index (χ1n) is 28.7. The van der Waals surface area contributed by atoms with Gasteiger partial charge in [0, 0.05) is 26.2 Å². The van der Waals surface area contributed by atoms with Crippen LogP contribution in [0, 0.1) is 11.8 Å². The van der Waals surface area contributed by atoms with E-state index in [1.165, 1.54) is 93.5 Å². The number of imide groups is 1. The third-order valence-corrected chi connectivity index (χ3v) is 14.0.